The molecule has 1 spiro atoms. The molecule has 1 N–H and O–H groups in total. The van der Waals surface area contributed by atoms with Crippen LogP contribution < -0.4 is 10.2 Å². The van der Waals surface area contributed by atoms with Crippen molar-refractivity contribution in [2.45, 2.75) is 25.8 Å². The molecular weight excluding hydrogens is 304 g/mol. The number of nitrogens with one attached hydrogen (secondary N) is 1. The summed E-state index contributed by atoms with van der Waals surface area (Å²) in [7, 11) is 7.94. The van der Waals surface area contributed by atoms with Crippen molar-refractivity contribution in [3.8, 4) is 0 Å². The Labute approximate surface area is 144 Å². The summed E-state index contributed by atoms with van der Waals surface area (Å²) in [6.07, 6.45) is 5.52. The second-order valence-corrected chi connectivity index (χ2v) is 7.19. The largest absolute Gasteiger partial charge is 0.381 e. The van der Waals surface area contributed by atoms with E-state index in [1.807, 2.05) is 32.2 Å². The van der Waals surface area contributed by atoms with E-state index in [9.17, 15) is 0 Å². The van der Waals surface area contributed by atoms with Crippen LogP contribution >= 0.6 is 0 Å². The molecule has 0 atom stereocenters. The van der Waals surface area contributed by atoms with Crippen LogP contribution in [0.3, 0.4) is 0 Å². The monoisotopic (exact) mass is 334 g/mol. The smallest absolute Gasteiger partial charge is 0.204 e. The van der Waals surface area contributed by atoms with E-state index in [1.54, 1.807) is 0 Å². The van der Waals surface area contributed by atoms with Crippen molar-refractivity contribution in [2.24, 2.45) is 17.5 Å². The molecule has 24 heavy (non-hydrogen) atoms. The minimum Gasteiger partial charge on any atom is -0.381 e. The molecule has 3 rings (SSSR count). The molecule has 1 aromatic rings. The van der Waals surface area contributed by atoms with Gasteiger partial charge >= 0.3 is 0 Å². The van der Waals surface area contributed by atoms with Gasteiger partial charge in [0.25, 0.3) is 0 Å². The van der Waals surface area contributed by atoms with Crippen LogP contribution in [0.2, 0.25) is 0 Å². The van der Waals surface area contributed by atoms with E-state index >= 15 is 0 Å². The topological polar surface area (TPSA) is 57.9 Å². The van der Waals surface area contributed by atoms with Crippen molar-refractivity contribution >= 4 is 11.9 Å². The fourth-order valence-electron chi connectivity index (χ4n) is 3.84. The quantitative estimate of drug-likeness (QED) is 0.662. The summed E-state index contributed by atoms with van der Waals surface area (Å²) < 4.78 is 7.66. The number of nitrogens with zero attached hydrogens (tertiary/aromatic N) is 5. The molecule has 7 heteroatoms. The zero-order valence-electron chi connectivity index (χ0n) is 15.4. The van der Waals surface area contributed by atoms with Gasteiger partial charge in [0.15, 0.2) is 5.96 Å². The van der Waals surface area contributed by atoms with Crippen molar-refractivity contribution in [2.75, 3.05) is 52.3 Å². The van der Waals surface area contributed by atoms with Gasteiger partial charge in [0.2, 0.25) is 5.95 Å². The van der Waals surface area contributed by atoms with Crippen LogP contribution in [0.4, 0.5) is 5.95 Å². The van der Waals surface area contributed by atoms with E-state index in [1.165, 1.54) is 19.3 Å². The van der Waals surface area contributed by atoms with E-state index in [0.29, 0.717) is 5.41 Å². The van der Waals surface area contributed by atoms with E-state index in [-0.39, 0.29) is 0 Å². The Morgan fingerprint density at radius 3 is 2.75 bits per heavy atom. The van der Waals surface area contributed by atoms with Crippen LogP contribution in [0.1, 0.15) is 25.0 Å². The highest BCUT2D eigenvalue weighted by atomic mass is 16.5. The van der Waals surface area contributed by atoms with Crippen molar-refractivity contribution in [3.63, 3.8) is 0 Å². The molecule has 134 valence electrons. The van der Waals surface area contributed by atoms with E-state index < -0.39 is 0 Å². The third-order valence-corrected chi connectivity index (χ3v) is 5.39. The molecular formula is C17H30N6O. The molecule has 0 aromatic carbocycles. The van der Waals surface area contributed by atoms with Crippen LogP contribution in [0.15, 0.2) is 11.2 Å². The zero-order valence-corrected chi connectivity index (χ0v) is 15.4. The minimum absolute atomic E-state index is 0.431. The molecule has 0 unspecified atom stereocenters. The van der Waals surface area contributed by atoms with Gasteiger partial charge in [0, 0.05) is 54.5 Å². The summed E-state index contributed by atoms with van der Waals surface area (Å²) in [5.74, 6) is 1.95. The first-order valence-electron chi connectivity index (χ1n) is 8.76. The highest BCUT2D eigenvalue weighted by Crippen LogP contribution is 2.39. The van der Waals surface area contributed by atoms with Crippen molar-refractivity contribution < 1.29 is 4.74 Å². The SMILES string of the molecule is CN=C(NCc1cnc(N(C)C)n1C)N1CCC2(CCOCC2)C1. The number of likely N-dealkylation sites (tertiary alicyclic amines) is 1. The van der Waals surface area contributed by atoms with Gasteiger partial charge in [-0.1, -0.05) is 0 Å². The van der Waals surface area contributed by atoms with Gasteiger partial charge < -0.3 is 24.4 Å². The molecule has 2 fully saturated rings. The van der Waals surface area contributed by atoms with Gasteiger partial charge in [0.05, 0.1) is 18.4 Å². The number of hydrogen-bond acceptors (Lipinski definition) is 4. The number of hydrogen-bond donors (Lipinski definition) is 1. The number of rotatable bonds is 3. The van der Waals surface area contributed by atoms with E-state index in [4.69, 9.17) is 4.74 Å². The van der Waals surface area contributed by atoms with Gasteiger partial charge in [-0.05, 0) is 24.7 Å². The minimum atomic E-state index is 0.431. The second kappa shape index (κ2) is 7.01. The summed E-state index contributed by atoms with van der Waals surface area (Å²) in [5.41, 5.74) is 1.58. The van der Waals surface area contributed by atoms with Gasteiger partial charge in [0.1, 0.15) is 0 Å². The lowest BCUT2D eigenvalue weighted by Gasteiger charge is -2.33. The third-order valence-electron chi connectivity index (χ3n) is 5.39. The number of anilines is 1. The maximum Gasteiger partial charge on any atom is 0.204 e. The summed E-state index contributed by atoms with van der Waals surface area (Å²) in [6.45, 7) is 4.71. The average Bonchev–Trinajstić information content (AvgIpc) is 3.14. The first-order valence-corrected chi connectivity index (χ1v) is 8.76. The molecule has 2 aliphatic heterocycles. The molecule has 1 aromatic heterocycles. The number of aromatic nitrogens is 2. The maximum absolute atomic E-state index is 5.54. The Hall–Kier alpha value is -1.76. The van der Waals surface area contributed by atoms with Crippen LogP contribution in [0.25, 0.3) is 0 Å². The lowest BCUT2D eigenvalue weighted by atomic mass is 9.80. The Kier molecular flexibility index (Phi) is 4.99. The van der Waals surface area contributed by atoms with Crippen LogP contribution in [-0.2, 0) is 18.3 Å². The van der Waals surface area contributed by atoms with Crippen molar-refractivity contribution in [1.29, 1.82) is 0 Å². The number of imidazole rings is 1. The van der Waals surface area contributed by atoms with Crippen LogP contribution in [-0.4, -0.2) is 67.9 Å². The van der Waals surface area contributed by atoms with Crippen molar-refractivity contribution in [3.05, 3.63) is 11.9 Å². The van der Waals surface area contributed by atoms with Crippen LogP contribution in [0.5, 0.6) is 0 Å². The summed E-state index contributed by atoms with van der Waals surface area (Å²) in [5, 5.41) is 3.51. The van der Waals surface area contributed by atoms with Crippen LogP contribution in [0, 0.1) is 5.41 Å². The number of aliphatic imine (C=N–C) groups is 1. The molecule has 0 saturated carbocycles. The molecule has 7 nitrogen and oxygen atoms in total. The number of guanidine groups is 1. The Morgan fingerprint density at radius 2 is 2.12 bits per heavy atom. The summed E-state index contributed by atoms with van der Waals surface area (Å²) in [6, 6.07) is 0. The highest BCUT2D eigenvalue weighted by Gasteiger charge is 2.40. The standard InChI is InChI=1S/C17H30N6O/c1-18-15(19-11-14-12-20-16(21(2)3)22(14)4)23-8-5-17(13-23)6-9-24-10-7-17/h12H,5-11,13H2,1-4H3,(H,18,19). The first kappa shape index (κ1) is 17.1. The first-order chi connectivity index (χ1) is 11.5. The predicted octanol–water partition coefficient (Wildman–Crippen LogP) is 1.06. The molecule has 0 radical (unpaired) electrons. The fraction of sp³-hybridized carbons (Fsp3) is 0.765. The Morgan fingerprint density at radius 1 is 1.38 bits per heavy atom. The third kappa shape index (κ3) is 3.36. The van der Waals surface area contributed by atoms with Gasteiger partial charge in [-0.15, -0.1) is 0 Å². The molecule has 0 bridgehead atoms. The van der Waals surface area contributed by atoms with E-state index in [0.717, 1.165) is 50.4 Å². The summed E-state index contributed by atoms with van der Waals surface area (Å²) in [4.78, 5) is 13.4. The lowest BCUT2D eigenvalue weighted by molar-refractivity contribution is 0.0217. The lowest BCUT2D eigenvalue weighted by Crippen LogP contribution is -2.42. The van der Waals surface area contributed by atoms with Gasteiger partial charge in [-0.3, -0.25) is 4.99 Å². The highest BCUT2D eigenvalue weighted by molar-refractivity contribution is 5.80. The van der Waals surface area contributed by atoms with Gasteiger partial charge in [-0.25, -0.2) is 4.98 Å². The fourth-order valence-corrected chi connectivity index (χ4v) is 3.84. The van der Waals surface area contributed by atoms with Gasteiger partial charge in [-0.2, -0.15) is 0 Å². The molecule has 2 aliphatic rings. The predicted molar refractivity (Wildman–Crippen MR) is 96.4 cm³/mol. The second-order valence-electron chi connectivity index (χ2n) is 7.19. The normalized spacial score (nSPS) is 20.7. The van der Waals surface area contributed by atoms with E-state index in [2.05, 4.69) is 31.8 Å². The zero-order chi connectivity index (χ0) is 17.2. The van der Waals surface area contributed by atoms with Crippen molar-refractivity contribution in [1.82, 2.24) is 19.8 Å². The average molecular weight is 334 g/mol. The molecule has 2 saturated heterocycles. The number of ether oxygens (including phenoxy) is 1. The molecule has 0 amide bonds. The molecule has 3 heterocycles. The maximum atomic E-state index is 5.54. The Balaban J connectivity index is 1.60. The summed E-state index contributed by atoms with van der Waals surface area (Å²) >= 11 is 0. The Bertz CT molecular complexity index is 588. The molecule has 0 aliphatic carbocycles.